The summed E-state index contributed by atoms with van der Waals surface area (Å²) in [6.45, 7) is 7.89. The van der Waals surface area contributed by atoms with Gasteiger partial charge in [0.1, 0.15) is 5.60 Å². The van der Waals surface area contributed by atoms with Crippen LogP contribution >= 0.6 is 0 Å². The normalized spacial score (nSPS) is 27.1. The van der Waals surface area contributed by atoms with Gasteiger partial charge in [0.2, 0.25) is 0 Å². The number of hydrogen-bond acceptors (Lipinski definition) is 5. The molecule has 1 rings (SSSR count). The Labute approximate surface area is 120 Å². The summed E-state index contributed by atoms with van der Waals surface area (Å²) in [4.78, 5) is 25.6. The van der Waals surface area contributed by atoms with Gasteiger partial charge < -0.3 is 19.1 Å². The number of methoxy groups -OCH3 is 2. The van der Waals surface area contributed by atoms with Crippen LogP contribution in [0.5, 0.6) is 0 Å². The van der Waals surface area contributed by atoms with E-state index in [0.29, 0.717) is 13.0 Å². The van der Waals surface area contributed by atoms with E-state index in [1.165, 1.54) is 12.0 Å². The molecule has 0 aliphatic carbocycles. The summed E-state index contributed by atoms with van der Waals surface area (Å²) in [5.74, 6) is -0.340. The summed E-state index contributed by atoms with van der Waals surface area (Å²) in [6, 6.07) is 0. The molecule has 1 heterocycles. The highest BCUT2D eigenvalue weighted by Crippen LogP contribution is 2.32. The van der Waals surface area contributed by atoms with Crippen molar-refractivity contribution in [2.45, 2.75) is 45.8 Å². The van der Waals surface area contributed by atoms with E-state index in [2.05, 4.69) is 0 Å². The summed E-state index contributed by atoms with van der Waals surface area (Å²) in [7, 11) is 2.92. The second-order valence-corrected chi connectivity index (χ2v) is 6.47. The quantitative estimate of drug-likeness (QED) is 0.725. The van der Waals surface area contributed by atoms with E-state index in [0.717, 1.165) is 0 Å². The Morgan fingerprint density at radius 3 is 2.30 bits per heavy atom. The minimum atomic E-state index is -0.773. The van der Waals surface area contributed by atoms with Gasteiger partial charge in [-0.05, 0) is 34.1 Å². The highest BCUT2D eigenvalue weighted by Gasteiger charge is 2.45. The van der Waals surface area contributed by atoms with Crippen LogP contribution in [0.1, 0.15) is 34.1 Å². The number of rotatable bonds is 2. The van der Waals surface area contributed by atoms with Crippen molar-refractivity contribution in [3.8, 4) is 0 Å². The SMILES string of the molecule is COC(=O)C1(C)CC(OC)CN(C(=O)OC(C)(C)C)C1. The molecular weight excluding hydrogens is 262 g/mol. The monoisotopic (exact) mass is 287 g/mol. The third-order valence-electron chi connectivity index (χ3n) is 3.31. The Kier molecular flexibility index (Phi) is 5.02. The highest BCUT2D eigenvalue weighted by molar-refractivity contribution is 5.78. The molecule has 0 aromatic carbocycles. The lowest BCUT2D eigenvalue weighted by Gasteiger charge is -2.42. The average molecular weight is 287 g/mol. The Hall–Kier alpha value is -1.30. The molecule has 6 nitrogen and oxygen atoms in total. The Morgan fingerprint density at radius 2 is 1.85 bits per heavy atom. The van der Waals surface area contributed by atoms with Crippen molar-refractivity contribution in [3.63, 3.8) is 0 Å². The molecule has 0 bridgehead atoms. The van der Waals surface area contributed by atoms with E-state index in [1.807, 2.05) is 20.8 Å². The van der Waals surface area contributed by atoms with E-state index in [9.17, 15) is 9.59 Å². The first kappa shape index (κ1) is 16.8. The van der Waals surface area contributed by atoms with Gasteiger partial charge in [0.25, 0.3) is 0 Å². The molecule has 2 unspecified atom stereocenters. The maximum absolute atomic E-state index is 12.2. The number of piperidine rings is 1. The molecule has 2 atom stereocenters. The topological polar surface area (TPSA) is 65.1 Å². The van der Waals surface area contributed by atoms with Crippen LogP contribution < -0.4 is 0 Å². The van der Waals surface area contributed by atoms with Gasteiger partial charge in [-0.1, -0.05) is 0 Å². The summed E-state index contributed by atoms with van der Waals surface area (Å²) < 4.78 is 15.5. The summed E-state index contributed by atoms with van der Waals surface area (Å²) in [5, 5.41) is 0. The van der Waals surface area contributed by atoms with Gasteiger partial charge in [-0.3, -0.25) is 4.79 Å². The minimum absolute atomic E-state index is 0.208. The maximum Gasteiger partial charge on any atom is 0.410 e. The molecule has 1 fully saturated rings. The van der Waals surface area contributed by atoms with Crippen molar-refractivity contribution >= 4 is 12.1 Å². The van der Waals surface area contributed by atoms with E-state index in [4.69, 9.17) is 14.2 Å². The zero-order valence-electron chi connectivity index (χ0n) is 13.2. The Morgan fingerprint density at radius 1 is 1.25 bits per heavy atom. The highest BCUT2D eigenvalue weighted by atomic mass is 16.6. The number of carbonyl (C=O) groups is 2. The largest absolute Gasteiger partial charge is 0.469 e. The van der Waals surface area contributed by atoms with Crippen LogP contribution in [0.4, 0.5) is 4.79 Å². The van der Waals surface area contributed by atoms with Gasteiger partial charge in [-0.15, -0.1) is 0 Å². The van der Waals surface area contributed by atoms with Gasteiger partial charge in [-0.25, -0.2) is 4.79 Å². The summed E-state index contributed by atoms with van der Waals surface area (Å²) in [5.41, 5.74) is -1.34. The molecule has 0 aromatic heterocycles. The van der Waals surface area contributed by atoms with Crippen LogP contribution in [0.15, 0.2) is 0 Å². The standard InChI is InChI=1S/C14H25NO5/c1-13(2,3)20-12(17)15-8-10(18-5)7-14(4,9-15)11(16)19-6/h10H,7-9H2,1-6H3. The molecule has 20 heavy (non-hydrogen) atoms. The number of hydrogen-bond donors (Lipinski definition) is 0. The number of carbonyl (C=O) groups excluding carboxylic acids is 2. The second-order valence-electron chi connectivity index (χ2n) is 6.47. The predicted molar refractivity (Wildman–Crippen MR) is 73.3 cm³/mol. The van der Waals surface area contributed by atoms with Crippen molar-refractivity contribution in [1.29, 1.82) is 0 Å². The zero-order chi connectivity index (χ0) is 15.6. The van der Waals surface area contributed by atoms with Crippen LogP contribution in [0, 0.1) is 5.41 Å². The number of ether oxygens (including phenoxy) is 3. The van der Waals surface area contributed by atoms with Gasteiger partial charge in [0.15, 0.2) is 0 Å². The molecular formula is C14H25NO5. The van der Waals surface area contributed by atoms with Crippen molar-refractivity contribution in [3.05, 3.63) is 0 Å². The minimum Gasteiger partial charge on any atom is -0.469 e. The Balaban J connectivity index is 2.87. The maximum atomic E-state index is 12.2. The first-order valence-corrected chi connectivity index (χ1v) is 6.70. The molecule has 0 spiro atoms. The fourth-order valence-electron chi connectivity index (χ4n) is 2.38. The third kappa shape index (κ3) is 4.10. The zero-order valence-corrected chi connectivity index (χ0v) is 13.2. The predicted octanol–water partition coefficient (Wildman–Crippen LogP) is 1.82. The van der Waals surface area contributed by atoms with Crippen LogP contribution in [0.3, 0.4) is 0 Å². The van der Waals surface area contributed by atoms with Gasteiger partial charge in [-0.2, -0.15) is 0 Å². The molecule has 0 aromatic rings. The van der Waals surface area contributed by atoms with E-state index >= 15 is 0 Å². The number of nitrogens with zero attached hydrogens (tertiary/aromatic N) is 1. The number of likely N-dealkylation sites (tertiary alicyclic amines) is 1. The molecule has 1 saturated heterocycles. The molecule has 1 aliphatic heterocycles. The molecule has 1 aliphatic rings. The van der Waals surface area contributed by atoms with Crippen molar-refractivity contribution in [2.75, 3.05) is 27.3 Å². The molecule has 0 radical (unpaired) electrons. The van der Waals surface area contributed by atoms with Crippen molar-refractivity contribution < 1.29 is 23.8 Å². The van der Waals surface area contributed by atoms with E-state index < -0.39 is 17.1 Å². The summed E-state index contributed by atoms with van der Waals surface area (Å²) >= 11 is 0. The lowest BCUT2D eigenvalue weighted by Crippen LogP contribution is -2.55. The van der Waals surface area contributed by atoms with Crippen LogP contribution in [-0.2, 0) is 19.0 Å². The fraction of sp³-hybridized carbons (Fsp3) is 0.857. The molecule has 6 heteroatoms. The number of esters is 1. The summed E-state index contributed by atoms with van der Waals surface area (Å²) in [6.07, 6.45) is -0.120. The molecule has 0 saturated carbocycles. The average Bonchev–Trinajstić information content (AvgIpc) is 2.34. The molecule has 116 valence electrons. The fourth-order valence-corrected chi connectivity index (χ4v) is 2.38. The lowest BCUT2D eigenvalue weighted by molar-refractivity contribution is -0.158. The van der Waals surface area contributed by atoms with E-state index in [1.54, 1.807) is 14.0 Å². The smallest absolute Gasteiger partial charge is 0.410 e. The van der Waals surface area contributed by atoms with Crippen LogP contribution in [-0.4, -0.2) is 56.0 Å². The van der Waals surface area contributed by atoms with Gasteiger partial charge >= 0.3 is 12.1 Å². The molecule has 0 N–H and O–H groups in total. The van der Waals surface area contributed by atoms with Gasteiger partial charge in [0, 0.05) is 13.7 Å². The van der Waals surface area contributed by atoms with E-state index in [-0.39, 0.29) is 18.6 Å². The van der Waals surface area contributed by atoms with Crippen LogP contribution in [0.2, 0.25) is 0 Å². The first-order chi connectivity index (χ1) is 9.11. The lowest BCUT2D eigenvalue weighted by atomic mass is 9.80. The third-order valence-corrected chi connectivity index (χ3v) is 3.31. The van der Waals surface area contributed by atoms with Gasteiger partial charge in [0.05, 0.1) is 25.2 Å². The number of amides is 1. The van der Waals surface area contributed by atoms with Crippen molar-refractivity contribution in [2.24, 2.45) is 5.41 Å². The molecule has 1 amide bonds. The Bertz CT molecular complexity index is 376. The van der Waals surface area contributed by atoms with Crippen molar-refractivity contribution in [1.82, 2.24) is 4.90 Å². The second kappa shape index (κ2) is 5.99. The first-order valence-electron chi connectivity index (χ1n) is 6.70. The van der Waals surface area contributed by atoms with Crippen LogP contribution in [0.25, 0.3) is 0 Å².